The van der Waals surface area contributed by atoms with Crippen molar-refractivity contribution in [3.63, 3.8) is 0 Å². The highest BCUT2D eigenvalue weighted by molar-refractivity contribution is 5.71. The van der Waals surface area contributed by atoms with Gasteiger partial charge in [-0.05, 0) is 57.8 Å². The van der Waals surface area contributed by atoms with Crippen molar-refractivity contribution < 1.29 is 28.6 Å². The molecule has 0 saturated heterocycles. The summed E-state index contributed by atoms with van der Waals surface area (Å²) in [7, 11) is 0. The summed E-state index contributed by atoms with van der Waals surface area (Å²) in [5.74, 6) is -0.848. The van der Waals surface area contributed by atoms with E-state index in [2.05, 4.69) is 69.4 Å². The maximum absolute atomic E-state index is 13.0. The Balaban J connectivity index is 4.33. The SMILES string of the molecule is CC/C=C\C/C=C\C/C=C\C/C=C\CCCCCCCCCCC(=O)OCC(COC(=O)CCCCCCCCCCCCCCCCCCCCC)OC(=O)CCCCCCCCCCCCCCCCCCCCCCC. The Morgan fingerprint density at radius 3 is 0.772 bits per heavy atom. The fourth-order valence-electron chi connectivity index (χ4n) is 10.6. The molecule has 0 N–H and O–H groups in total. The van der Waals surface area contributed by atoms with Gasteiger partial charge < -0.3 is 14.2 Å². The number of hydrogen-bond donors (Lipinski definition) is 0. The molecule has 0 rings (SSSR count). The van der Waals surface area contributed by atoms with Crippen LogP contribution in [-0.2, 0) is 28.6 Å². The summed E-state index contributed by atoms with van der Waals surface area (Å²) >= 11 is 0. The van der Waals surface area contributed by atoms with E-state index in [4.69, 9.17) is 14.2 Å². The second kappa shape index (κ2) is 67.9. The van der Waals surface area contributed by atoms with Crippen LogP contribution in [0.1, 0.15) is 380 Å². The lowest BCUT2D eigenvalue weighted by atomic mass is 10.0. The highest BCUT2D eigenvalue weighted by atomic mass is 16.6. The van der Waals surface area contributed by atoms with E-state index in [0.29, 0.717) is 19.3 Å². The van der Waals surface area contributed by atoms with Gasteiger partial charge in [0.15, 0.2) is 6.10 Å². The van der Waals surface area contributed by atoms with E-state index in [0.717, 1.165) is 89.9 Å². The molecule has 0 aliphatic carbocycles. The molecule has 462 valence electrons. The van der Waals surface area contributed by atoms with Crippen LogP contribution in [0.2, 0.25) is 0 Å². The van der Waals surface area contributed by atoms with Gasteiger partial charge in [0.05, 0.1) is 0 Å². The predicted octanol–water partition coefficient (Wildman–Crippen LogP) is 24.1. The summed E-state index contributed by atoms with van der Waals surface area (Å²) in [6, 6.07) is 0. The number of carbonyl (C=O) groups is 3. The normalized spacial score (nSPS) is 12.3. The first-order chi connectivity index (χ1) is 39.0. The van der Waals surface area contributed by atoms with Gasteiger partial charge in [-0.1, -0.05) is 352 Å². The van der Waals surface area contributed by atoms with Crippen molar-refractivity contribution in [3.05, 3.63) is 48.6 Å². The van der Waals surface area contributed by atoms with E-state index in [-0.39, 0.29) is 31.1 Å². The lowest BCUT2D eigenvalue weighted by Crippen LogP contribution is -2.30. The summed E-state index contributed by atoms with van der Waals surface area (Å²) in [6.07, 6.45) is 85.6. The molecule has 0 amide bonds. The Morgan fingerprint density at radius 1 is 0.266 bits per heavy atom. The lowest BCUT2D eigenvalue weighted by Gasteiger charge is -2.18. The van der Waals surface area contributed by atoms with Gasteiger partial charge in [0.2, 0.25) is 0 Å². The van der Waals surface area contributed by atoms with Crippen molar-refractivity contribution in [3.8, 4) is 0 Å². The molecule has 0 aliphatic heterocycles. The molecular weight excluding hydrogens is 973 g/mol. The van der Waals surface area contributed by atoms with Crippen molar-refractivity contribution in [1.29, 1.82) is 0 Å². The summed E-state index contributed by atoms with van der Waals surface area (Å²) in [4.78, 5) is 38.5. The minimum absolute atomic E-state index is 0.0697. The number of ether oxygens (including phenoxy) is 3. The number of carbonyl (C=O) groups excluding carboxylic acids is 3. The molecule has 0 aromatic carbocycles. The first-order valence-corrected chi connectivity index (χ1v) is 35.1. The van der Waals surface area contributed by atoms with Crippen LogP contribution in [-0.4, -0.2) is 37.2 Å². The monoisotopic (exact) mass is 1110 g/mol. The summed E-state index contributed by atoms with van der Waals surface area (Å²) in [5.41, 5.74) is 0. The van der Waals surface area contributed by atoms with Gasteiger partial charge in [-0.2, -0.15) is 0 Å². The molecule has 0 heterocycles. The number of unbranched alkanes of at least 4 members (excludes halogenated alkanes) is 46. The van der Waals surface area contributed by atoms with Crippen LogP contribution >= 0.6 is 0 Å². The Hall–Kier alpha value is -2.63. The molecule has 1 unspecified atom stereocenters. The van der Waals surface area contributed by atoms with Crippen molar-refractivity contribution in [1.82, 2.24) is 0 Å². The van der Waals surface area contributed by atoms with Crippen LogP contribution in [0.5, 0.6) is 0 Å². The molecule has 0 radical (unpaired) electrons. The fraction of sp³-hybridized carbons (Fsp3) is 0.849. The molecule has 0 aromatic heterocycles. The van der Waals surface area contributed by atoms with Gasteiger partial charge in [-0.25, -0.2) is 0 Å². The molecule has 0 spiro atoms. The third-order valence-electron chi connectivity index (χ3n) is 15.8. The maximum atomic E-state index is 13.0. The predicted molar refractivity (Wildman–Crippen MR) is 344 cm³/mol. The Morgan fingerprint density at radius 2 is 0.494 bits per heavy atom. The second-order valence-corrected chi connectivity index (χ2v) is 23.8. The smallest absolute Gasteiger partial charge is 0.306 e. The molecular formula is C73H134O6. The van der Waals surface area contributed by atoms with E-state index in [9.17, 15) is 14.4 Å². The van der Waals surface area contributed by atoms with Gasteiger partial charge in [0.25, 0.3) is 0 Å². The van der Waals surface area contributed by atoms with E-state index < -0.39 is 6.10 Å². The van der Waals surface area contributed by atoms with Gasteiger partial charge >= 0.3 is 17.9 Å². The van der Waals surface area contributed by atoms with Gasteiger partial charge in [-0.15, -0.1) is 0 Å². The van der Waals surface area contributed by atoms with Gasteiger partial charge in [0, 0.05) is 19.3 Å². The van der Waals surface area contributed by atoms with Gasteiger partial charge in [-0.3, -0.25) is 14.4 Å². The van der Waals surface area contributed by atoms with Crippen LogP contribution in [0.15, 0.2) is 48.6 Å². The second-order valence-electron chi connectivity index (χ2n) is 23.8. The number of rotatable bonds is 65. The summed E-state index contributed by atoms with van der Waals surface area (Å²) in [5, 5.41) is 0. The minimum Gasteiger partial charge on any atom is -0.462 e. The topological polar surface area (TPSA) is 78.9 Å². The average Bonchev–Trinajstić information content (AvgIpc) is 3.45. The number of esters is 3. The van der Waals surface area contributed by atoms with Crippen LogP contribution in [0, 0.1) is 0 Å². The summed E-state index contributed by atoms with van der Waals surface area (Å²) in [6.45, 7) is 6.60. The van der Waals surface area contributed by atoms with Crippen LogP contribution in [0.4, 0.5) is 0 Å². The molecule has 0 aromatic rings. The molecule has 0 aliphatic rings. The molecule has 1 atom stereocenters. The number of hydrogen-bond acceptors (Lipinski definition) is 6. The molecule has 79 heavy (non-hydrogen) atoms. The molecule has 0 saturated carbocycles. The zero-order valence-corrected chi connectivity index (χ0v) is 53.2. The van der Waals surface area contributed by atoms with Crippen molar-refractivity contribution in [2.75, 3.05) is 13.2 Å². The molecule has 0 bridgehead atoms. The van der Waals surface area contributed by atoms with Crippen LogP contribution in [0.3, 0.4) is 0 Å². The maximum Gasteiger partial charge on any atom is 0.306 e. The van der Waals surface area contributed by atoms with Crippen molar-refractivity contribution in [2.45, 2.75) is 386 Å². The van der Waals surface area contributed by atoms with Gasteiger partial charge in [0.1, 0.15) is 13.2 Å². The molecule has 0 fully saturated rings. The molecule has 6 nitrogen and oxygen atoms in total. The standard InChI is InChI=1S/C73H134O6/c1-4-7-10-13-16-19-22-25-28-31-34-36-39-42-45-48-51-54-57-60-63-66-72(75)78-69-70(68-77-71(74)65-62-59-56-53-50-47-44-41-38-33-30-27-24-21-18-15-12-9-6-3)79-73(76)67-64-61-58-55-52-49-46-43-40-37-35-32-29-26-23-20-17-14-11-8-5-2/h7,10,16,19,25,28,34,36,70H,4-6,8-9,11-15,17-18,20-24,26-27,29-33,35,37-69H2,1-3H3/b10-7-,19-16-,28-25-,36-34-. The fourth-order valence-corrected chi connectivity index (χ4v) is 10.6. The van der Waals surface area contributed by atoms with Crippen LogP contribution < -0.4 is 0 Å². The Labute approximate surface area is 492 Å². The van der Waals surface area contributed by atoms with E-state index in [1.807, 2.05) is 0 Å². The van der Waals surface area contributed by atoms with Crippen molar-refractivity contribution >= 4 is 17.9 Å². The first-order valence-electron chi connectivity index (χ1n) is 35.1. The largest absolute Gasteiger partial charge is 0.462 e. The van der Waals surface area contributed by atoms with Crippen LogP contribution in [0.25, 0.3) is 0 Å². The first kappa shape index (κ1) is 76.4. The van der Waals surface area contributed by atoms with Crippen molar-refractivity contribution in [2.24, 2.45) is 0 Å². The average molecular weight is 1110 g/mol. The highest BCUT2D eigenvalue weighted by Crippen LogP contribution is 2.19. The lowest BCUT2D eigenvalue weighted by molar-refractivity contribution is -0.167. The number of allylic oxidation sites excluding steroid dienone is 8. The van der Waals surface area contributed by atoms with E-state index in [1.165, 1.54) is 250 Å². The quantitative estimate of drug-likeness (QED) is 0.0261. The zero-order chi connectivity index (χ0) is 57.1. The molecule has 6 heteroatoms. The highest BCUT2D eigenvalue weighted by Gasteiger charge is 2.19. The van der Waals surface area contributed by atoms with E-state index >= 15 is 0 Å². The minimum atomic E-state index is -0.775. The zero-order valence-electron chi connectivity index (χ0n) is 53.2. The Kier molecular flexibility index (Phi) is 65.6. The third kappa shape index (κ3) is 66.1. The summed E-state index contributed by atoms with van der Waals surface area (Å²) < 4.78 is 17.0. The third-order valence-corrected chi connectivity index (χ3v) is 15.8. The Bertz CT molecular complexity index is 1360. The van der Waals surface area contributed by atoms with E-state index in [1.54, 1.807) is 0 Å².